The first-order chi connectivity index (χ1) is 4.24. The lowest BCUT2D eigenvalue weighted by molar-refractivity contribution is -0.135. The monoisotopic (exact) mass is 129 g/mol. The van der Waals surface area contributed by atoms with E-state index in [0.717, 1.165) is 0 Å². The third kappa shape index (κ3) is 1.01. The fourth-order valence-electron chi connectivity index (χ4n) is 0.662. The number of carbonyl (C=O) groups excluding carboxylic acids is 2. The highest BCUT2D eigenvalue weighted by molar-refractivity contribution is 5.95. The summed E-state index contributed by atoms with van der Waals surface area (Å²) in [5.74, 6) is -0.470. The Labute approximate surface area is 52.2 Å². The fourth-order valence-corrected chi connectivity index (χ4v) is 0.662. The highest BCUT2D eigenvalue weighted by atomic mass is 16.6. The van der Waals surface area contributed by atoms with Gasteiger partial charge in [-0.1, -0.05) is 6.92 Å². The lowest BCUT2D eigenvalue weighted by atomic mass is 10.2. The van der Waals surface area contributed by atoms with Gasteiger partial charge in [-0.05, 0) is 6.42 Å². The van der Waals surface area contributed by atoms with E-state index >= 15 is 0 Å². The van der Waals surface area contributed by atoms with Crippen LogP contribution in [-0.4, -0.2) is 18.1 Å². The summed E-state index contributed by atoms with van der Waals surface area (Å²) in [6, 6.07) is -0.419. The van der Waals surface area contributed by atoms with Crippen LogP contribution in [0, 0.1) is 0 Å². The number of hydrogen-bond donors (Lipinski definition) is 1. The van der Waals surface area contributed by atoms with Gasteiger partial charge in [-0.3, -0.25) is 0 Å². The molecule has 1 saturated heterocycles. The molecule has 4 heteroatoms. The van der Waals surface area contributed by atoms with Crippen molar-refractivity contribution in [3.05, 3.63) is 0 Å². The normalized spacial score (nSPS) is 25.7. The smallest absolute Gasteiger partial charge is 0.375 e. The first kappa shape index (κ1) is 6.07. The minimum Gasteiger partial charge on any atom is -0.375 e. The quantitative estimate of drug-likeness (QED) is 0.401. The molecule has 4 nitrogen and oxygen atoms in total. The van der Waals surface area contributed by atoms with Crippen molar-refractivity contribution in [3.8, 4) is 0 Å². The Morgan fingerprint density at radius 1 is 1.67 bits per heavy atom. The fraction of sp³-hybridized carbons (Fsp3) is 0.600. The van der Waals surface area contributed by atoms with Gasteiger partial charge in [0.25, 0.3) is 0 Å². The minimum absolute atomic E-state index is 0.419. The summed E-state index contributed by atoms with van der Waals surface area (Å²) < 4.78 is 4.18. The van der Waals surface area contributed by atoms with E-state index in [-0.39, 0.29) is 0 Å². The average Bonchev–Trinajstić information content (AvgIpc) is 2.10. The number of alkyl carbamates (subject to hydrolysis) is 1. The van der Waals surface area contributed by atoms with Gasteiger partial charge in [-0.25, -0.2) is 9.59 Å². The van der Waals surface area contributed by atoms with E-state index in [1.165, 1.54) is 0 Å². The molecule has 0 aliphatic carbocycles. The molecule has 1 aliphatic heterocycles. The third-order valence-corrected chi connectivity index (χ3v) is 1.18. The number of cyclic esters (lactones) is 2. The minimum atomic E-state index is -0.633. The van der Waals surface area contributed by atoms with Crippen LogP contribution in [0.15, 0.2) is 0 Å². The van der Waals surface area contributed by atoms with Gasteiger partial charge in [0.1, 0.15) is 6.04 Å². The third-order valence-electron chi connectivity index (χ3n) is 1.18. The second kappa shape index (κ2) is 2.05. The van der Waals surface area contributed by atoms with Gasteiger partial charge in [0.15, 0.2) is 0 Å². The van der Waals surface area contributed by atoms with E-state index in [2.05, 4.69) is 10.1 Å². The van der Waals surface area contributed by atoms with E-state index < -0.39 is 18.1 Å². The molecule has 0 aromatic carbocycles. The van der Waals surface area contributed by atoms with Gasteiger partial charge < -0.3 is 10.1 Å². The molecular formula is C5H7NO3. The molecule has 0 saturated carbocycles. The zero-order valence-electron chi connectivity index (χ0n) is 5.01. The van der Waals surface area contributed by atoms with Crippen LogP contribution in [0.3, 0.4) is 0 Å². The molecule has 50 valence electrons. The van der Waals surface area contributed by atoms with Crippen molar-refractivity contribution in [3.63, 3.8) is 0 Å². The number of ether oxygens (including phenoxy) is 1. The molecule has 1 fully saturated rings. The molecule has 0 spiro atoms. The van der Waals surface area contributed by atoms with Gasteiger partial charge in [-0.15, -0.1) is 0 Å². The van der Waals surface area contributed by atoms with Crippen molar-refractivity contribution in [2.24, 2.45) is 0 Å². The maximum Gasteiger partial charge on any atom is 0.415 e. The molecule has 0 radical (unpaired) electrons. The van der Waals surface area contributed by atoms with Crippen molar-refractivity contribution >= 4 is 12.1 Å². The van der Waals surface area contributed by atoms with Crippen LogP contribution >= 0.6 is 0 Å². The highest BCUT2D eigenvalue weighted by Gasteiger charge is 2.30. The van der Waals surface area contributed by atoms with Crippen LogP contribution < -0.4 is 5.32 Å². The Morgan fingerprint density at radius 3 is 2.56 bits per heavy atom. The van der Waals surface area contributed by atoms with E-state index in [0.29, 0.717) is 6.42 Å². The Morgan fingerprint density at radius 2 is 2.33 bits per heavy atom. The summed E-state index contributed by atoms with van der Waals surface area (Å²) in [5.41, 5.74) is 0. The Bertz CT molecular complexity index is 154. The van der Waals surface area contributed by atoms with Crippen LogP contribution in [0.25, 0.3) is 0 Å². The van der Waals surface area contributed by atoms with Crippen molar-refractivity contribution in [2.45, 2.75) is 19.4 Å². The molecule has 1 amide bonds. The number of amides is 1. The molecule has 9 heavy (non-hydrogen) atoms. The molecule has 1 atom stereocenters. The molecule has 1 aliphatic rings. The summed E-state index contributed by atoms with van der Waals surface area (Å²) in [5, 5.41) is 2.34. The molecular weight excluding hydrogens is 122 g/mol. The summed E-state index contributed by atoms with van der Waals surface area (Å²) in [4.78, 5) is 20.8. The molecule has 1 rings (SSSR count). The summed E-state index contributed by atoms with van der Waals surface area (Å²) >= 11 is 0. The number of carbonyl (C=O) groups is 2. The lowest BCUT2D eigenvalue weighted by Crippen LogP contribution is -2.27. The molecule has 0 aromatic rings. The average molecular weight is 129 g/mol. The maximum absolute atomic E-state index is 10.5. The van der Waals surface area contributed by atoms with Crippen LogP contribution in [0.1, 0.15) is 13.3 Å². The second-order valence-electron chi connectivity index (χ2n) is 1.81. The van der Waals surface area contributed by atoms with E-state index in [1.54, 1.807) is 6.92 Å². The van der Waals surface area contributed by atoms with E-state index in [1.807, 2.05) is 0 Å². The molecule has 0 aromatic heterocycles. The predicted molar refractivity (Wildman–Crippen MR) is 28.7 cm³/mol. The number of nitrogens with one attached hydrogen (secondary N) is 1. The highest BCUT2D eigenvalue weighted by Crippen LogP contribution is 2.02. The largest absolute Gasteiger partial charge is 0.415 e. The Kier molecular flexibility index (Phi) is 1.38. The second-order valence-corrected chi connectivity index (χ2v) is 1.81. The maximum atomic E-state index is 10.5. The molecule has 1 heterocycles. The van der Waals surface area contributed by atoms with Crippen LogP contribution in [0.2, 0.25) is 0 Å². The molecule has 0 bridgehead atoms. The summed E-state index contributed by atoms with van der Waals surface area (Å²) in [7, 11) is 0. The zero-order chi connectivity index (χ0) is 6.85. The Balaban J connectivity index is 2.58. The van der Waals surface area contributed by atoms with Gasteiger partial charge >= 0.3 is 12.1 Å². The van der Waals surface area contributed by atoms with Crippen molar-refractivity contribution in [1.29, 1.82) is 0 Å². The zero-order valence-corrected chi connectivity index (χ0v) is 5.01. The summed E-state index contributed by atoms with van der Waals surface area (Å²) in [6.07, 6.45) is -0.0447. The molecule has 1 N–H and O–H groups in total. The van der Waals surface area contributed by atoms with E-state index in [9.17, 15) is 9.59 Å². The van der Waals surface area contributed by atoms with Crippen LogP contribution in [0.4, 0.5) is 4.79 Å². The first-order valence-corrected chi connectivity index (χ1v) is 2.76. The lowest BCUT2D eigenvalue weighted by Gasteiger charge is -1.96. The number of hydrogen-bond acceptors (Lipinski definition) is 3. The number of rotatable bonds is 1. The standard InChI is InChI=1S/C5H7NO3/c1-2-3-4(7)9-5(8)6-3/h3H,2H2,1H3,(H,6,8)/t3-/m0/s1. The first-order valence-electron chi connectivity index (χ1n) is 2.76. The van der Waals surface area contributed by atoms with E-state index in [4.69, 9.17) is 0 Å². The van der Waals surface area contributed by atoms with Crippen molar-refractivity contribution < 1.29 is 14.3 Å². The van der Waals surface area contributed by atoms with Crippen molar-refractivity contribution in [1.82, 2.24) is 5.32 Å². The van der Waals surface area contributed by atoms with Crippen molar-refractivity contribution in [2.75, 3.05) is 0 Å². The Hall–Kier alpha value is -1.06. The topological polar surface area (TPSA) is 55.4 Å². The SMILES string of the molecule is CC[C@@H]1NC(=O)OC1=O. The van der Waals surface area contributed by atoms with Crippen LogP contribution in [0.5, 0.6) is 0 Å². The van der Waals surface area contributed by atoms with Gasteiger partial charge in [0.2, 0.25) is 0 Å². The van der Waals surface area contributed by atoms with Gasteiger partial charge in [0, 0.05) is 0 Å². The van der Waals surface area contributed by atoms with Gasteiger partial charge in [-0.2, -0.15) is 0 Å². The predicted octanol–water partition coefficient (Wildman–Crippen LogP) is 0.0314. The van der Waals surface area contributed by atoms with Gasteiger partial charge in [0.05, 0.1) is 0 Å². The summed E-state index contributed by atoms with van der Waals surface area (Å²) in [6.45, 7) is 1.80. The molecule has 0 unspecified atom stereocenters. The number of esters is 1. The van der Waals surface area contributed by atoms with Crippen LogP contribution in [-0.2, 0) is 9.53 Å².